The van der Waals surface area contributed by atoms with Gasteiger partial charge in [-0.15, -0.1) is 0 Å². The molecule has 0 aromatic carbocycles. The first-order chi connectivity index (χ1) is 16.1. The summed E-state index contributed by atoms with van der Waals surface area (Å²) < 4.78 is 1.84. The standard InChI is InChI=1S/C26H32N4O3/c1-2-6-18-10-11-22-23-20(15-29(22)26(18)33)21(16-31)24(25(32)28-19-8-3-4-9-19)30(23)14-17-7-5-12-27-13-17/h2,5-7,10-13,19-21,23-24,31H,3-4,8-9,14-16H2,1H3,(H,28,32)/b6-2+/t20-,21-,23+,24-/m0/s1. The number of nitrogens with zero attached hydrogens (tertiary/aromatic N) is 3. The summed E-state index contributed by atoms with van der Waals surface area (Å²) in [4.78, 5) is 33.1. The second-order valence-electron chi connectivity index (χ2n) is 9.55. The number of rotatable bonds is 6. The van der Waals surface area contributed by atoms with Crippen molar-refractivity contribution < 1.29 is 9.90 Å². The van der Waals surface area contributed by atoms with E-state index in [1.165, 1.54) is 0 Å². The number of aliphatic hydroxyl groups is 1. The number of carbonyl (C=O) groups excluding carboxylic acids is 1. The molecule has 1 amide bonds. The quantitative estimate of drug-likeness (QED) is 0.709. The molecule has 2 aliphatic heterocycles. The van der Waals surface area contributed by atoms with Crippen molar-refractivity contribution in [3.05, 3.63) is 69.9 Å². The maximum absolute atomic E-state index is 13.6. The molecule has 4 heterocycles. The summed E-state index contributed by atoms with van der Waals surface area (Å²) in [6.45, 7) is 2.88. The Hall–Kier alpha value is -2.77. The number of amides is 1. The molecule has 0 radical (unpaired) electrons. The van der Waals surface area contributed by atoms with Gasteiger partial charge >= 0.3 is 0 Å². The van der Waals surface area contributed by atoms with Gasteiger partial charge in [-0.1, -0.05) is 31.1 Å². The second-order valence-corrected chi connectivity index (χ2v) is 9.55. The molecule has 2 fully saturated rings. The molecule has 5 rings (SSSR count). The summed E-state index contributed by atoms with van der Waals surface area (Å²) in [6, 6.07) is 7.48. The molecule has 7 heteroatoms. The summed E-state index contributed by atoms with van der Waals surface area (Å²) >= 11 is 0. The van der Waals surface area contributed by atoms with Crippen molar-refractivity contribution in [1.29, 1.82) is 0 Å². The van der Waals surface area contributed by atoms with Crippen molar-refractivity contribution in [2.24, 2.45) is 11.8 Å². The highest BCUT2D eigenvalue weighted by molar-refractivity contribution is 5.83. The third kappa shape index (κ3) is 3.93. The molecular weight excluding hydrogens is 416 g/mol. The Kier molecular flexibility index (Phi) is 6.17. The highest BCUT2D eigenvalue weighted by Gasteiger charge is 2.55. The normalized spacial score (nSPS) is 27.2. The first-order valence-electron chi connectivity index (χ1n) is 12.0. The molecule has 2 aromatic rings. The number of aromatic nitrogens is 2. The van der Waals surface area contributed by atoms with E-state index in [-0.39, 0.29) is 42.0 Å². The molecule has 0 spiro atoms. The number of hydrogen-bond acceptors (Lipinski definition) is 5. The molecule has 174 valence electrons. The fourth-order valence-corrected chi connectivity index (χ4v) is 6.17. The zero-order valence-corrected chi connectivity index (χ0v) is 19.1. The van der Waals surface area contributed by atoms with Crippen molar-refractivity contribution >= 4 is 12.0 Å². The highest BCUT2D eigenvalue weighted by Crippen LogP contribution is 2.49. The molecule has 33 heavy (non-hydrogen) atoms. The molecule has 7 nitrogen and oxygen atoms in total. The van der Waals surface area contributed by atoms with Crippen LogP contribution in [0.2, 0.25) is 0 Å². The van der Waals surface area contributed by atoms with Crippen LogP contribution in [0.1, 0.15) is 55.5 Å². The second kappa shape index (κ2) is 9.23. The average molecular weight is 449 g/mol. The Morgan fingerprint density at radius 1 is 1.27 bits per heavy atom. The number of allylic oxidation sites excluding steroid dienone is 1. The lowest BCUT2D eigenvalue weighted by atomic mass is 9.88. The first kappa shape index (κ1) is 22.0. The van der Waals surface area contributed by atoms with Gasteiger partial charge in [0, 0.05) is 61.2 Å². The fourth-order valence-electron chi connectivity index (χ4n) is 6.17. The van der Waals surface area contributed by atoms with Crippen molar-refractivity contribution in [2.75, 3.05) is 6.61 Å². The van der Waals surface area contributed by atoms with Gasteiger partial charge in [-0.3, -0.25) is 19.5 Å². The molecule has 4 atom stereocenters. The third-order valence-electron chi connectivity index (χ3n) is 7.62. The van der Waals surface area contributed by atoms with Gasteiger partial charge in [0.25, 0.3) is 5.56 Å². The van der Waals surface area contributed by atoms with E-state index in [0.717, 1.165) is 36.9 Å². The lowest BCUT2D eigenvalue weighted by Gasteiger charge is -2.31. The molecule has 2 aromatic heterocycles. The summed E-state index contributed by atoms with van der Waals surface area (Å²) in [6.07, 6.45) is 11.6. The topological polar surface area (TPSA) is 87.5 Å². The zero-order valence-electron chi connectivity index (χ0n) is 19.1. The van der Waals surface area contributed by atoms with Crippen molar-refractivity contribution in [3.63, 3.8) is 0 Å². The SMILES string of the molecule is C/C=C/c1ccc2n(c1=O)C[C@H]1[C@H](CO)[C@@H](C(=O)NC3CCCC3)N(Cc3cccnc3)[C@@H]21. The highest BCUT2D eigenvalue weighted by atomic mass is 16.3. The minimum absolute atomic E-state index is 0.000411. The third-order valence-corrected chi connectivity index (χ3v) is 7.62. The minimum Gasteiger partial charge on any atom is -0.396 e. The fraction of sp³-hybridized carbons (Fsp3) is 0.500. The van der Waals surface area contributed by atoms with Gasteiger partial charge in [-0.05, 0) is 43.5 Å². The van der Waals surface area contributed by atoms with E-state index < -0.39 is 6.04 Å². The molecule has 2 N–H and O–H groups in total. The number of aliphatic hydroxyl groups excluding tert-OH is 1. The lowest BCUT2D eigenvalue weighted by molar-refractivity contribution is -0.128. The van der Waals surface area contributed by atoms with E-state index in [2.05, 4.69) is 15.2 Å². The van der Waals surface area contributed by atoms with E-state index >= 15 is 0 Å². The molecule has 0 unspecified atom stereocenters. The van der Waals surface area contributed by atoms with Gasteiger partial charge in [0.1, 0.15) is 0 Å². The van der Waals surface area contributed by atoms with E-state index in [9.17, 15) is 14.7 Å². The Balaban J connectivity index is 1.54. The molecule has 1 saturated heterocycles. The van der Waals surface area contributed by atoms with Gasteiger partial charge in [0.05, 0.1) is 12.1 Å². The van der Waals surface area contributed by atoms with Gasteiger partial charge in [0.2, 0.25) is 5.91 Å². The Labute approximate surface area is 194 Å². The summed E-state index contributed by atoms with van der Waals surface area (Å²) in [5, 5.41) is 13.7. The van der Waals surface area contributed by atoms with Crippen LogP contribution < -0.4 is 10.9 Å². The smallest absolute Gasteiger partial charge is 0.258 e. The van der Waals surface area contributed by atoms with Crippen molar-refractivity contribution in [3.8, 4) is 0 Å². The van der Waals surface area contributed by atoms with Crippen molar-refractivity contribution in [1.82, 2.24) is 19.8 Å². The van der Waals surface area contributed by atoms with Gasteiger partial charge < -0.3 is 15.0 Å². The molecule has 0 bridgehead atoms. The number of nitrogens with one attached hydrogen (secondary N) is 1. The predicted octanol–water partition coefficient (Wildman–Crippen LogP) is 2.50. The van der Waals surface area contributed by atoms with Gasteiger partial charge in [-0.25, -0.2) is 0 Å². The van der Waals surface area contributed by atoms with E-state index in [4.69, 9.17) is 0 Å². The van der Waals surface area contributed by atoms with Gasteiger partial charge in [0.15, 0.2) is 0 Å². The summed E-state index contributed by atoms with van der Waals surface area (Å²) in [7, 11) is 0. The number of likely N-dealkylation sites (tertiary alicyclic amines) is 1. The summed E-state index contributed by atoms with van der Waals surface area (Å²) in [5.41, 5.74) is 2.60. The van der Waals surface area contributed by atoms with Crippen LogP contribution in [0, 0.1) is 11.8 Å². The number of carbonyl (C=O) groups is 1. The van der Waals surface area contributed by atoms with Crippen LogP contribution in [0.3, 0.4) is 0 Å². The van der Waals surface area contributed by atoms with Gasteiger partial charge in [-0.2, -0.15) is 0 Å². The Morgan fingerprint density at radius 3 is 2.79 bits per heavy atom. The summed E-state index contributed by atoms with van der Waals surface area (Å²) in [5.74, 6) is -0.240. The van der Waals surface area contributed by atoms with E-state index in [1.807, 2.05) is 54.1 Å². The number of hydrogen-bond donors (Lipinski definition) is 2. The Morgan fingerprint density at radius 2 is 2.09 bits per heavy atom. The van der Waals surface area contributed by atoms with Crippen LogP contribution in [-0.2, 0) is 17.9 Å². The maximum Gasteiger partial charge on any atom is 0.258 e. The van der Waals surface area contributed by atoms with Crippen LogP contribution in [0.15, 0.2) is 47.5 Å². The zero-order chi connectivity index (χ0) is 22.9. The van der Waals surface area contributed by atoms with Crippen LogP contribution >= 0.6 is 0 Å². The average Bonchev–Trinajstić information content (AvgIpc) is 3.53. The van der Waals surface area contributed by atoms with Crippen LogP contribution in [0.5, 0.6) is 0 Å². The number of fused-ring (bicyclic) bond motifs is 3. The van der Waals surface area contributed by atoms with Crippen LogP contribution in [0.25, 0.3) is 6.08 Å². The van der Waals surface area contributed by atoms with E-state index in [1.54, 1.807) is 6.20 Å². The monoisotopic (exact) mass is 448 g/mol. The van der Waals surface area contributed by atoms with E-state index in [0.29, 0.717) is 18.7 Å². The molecule has 1 aliphatic carbocycles. The maximum atomic E-state index is 13.6. The predicted molar refractivity (Wildman–Crippen MR) is 126 cm³/mol. The first-order valence-corrected chi connectivity index (χ1v) is 12.0. The number of pyridine rings is 2. The minimum atomic E-state index is -0.440. The lowest BCUT2D eigenvalue weighted by Crippen LogP contribution is -2.50. The van der Waals surface area contributed by atoms with Crippen LogP contribution in [0.4, 0.5) is 0 Å². The molecular formula is C26H32N4O3. The van der Waals surface area contributed by atoms with Crippen LogP contribution in [-0.4, -0.2) is 44.2 Å². The molecule has 3 aliphatic rings. The van der Waals surface area contributed by atoms with Crippen molar-refractivity contribution in [2.45, 2.75) is 63.8 Å². The molecule has 1 saturated carbocycles. The Bertz CT molecular complexity index is 1090. The largest absolute Gasteiger partial charge is 0.396 e.